The molecule has 0 amide bonds. The van der Waals surface area contributed by atoms with Gasteiger partial charge in [-0.1, -0.05) is 23.5 Å². The maximum absolute atomic E-state index is 13.5. The minimum atomic E-state index is -0.722. The van der Waals surface area contributed by atoms with E-state index >= 15 is 0 Å². The van der Waals surface area contributed by atoms with Crippen molar-refractivity contribution in [3.63, 3.8) is 0 Å². The number of allylic oxidation sites excluding steroid dienone is 1. The highest BCUT2D eigenvalue weighted by molar-refractivity contribution is 7.07. The molecule has 0 fully saturated rings. The van der Waals surface area contributed by atoms with Gasteiger partial charge in [0.2, 0.25) is 0 Å². The van der Waals surface area contributed by atoms with Gasteiger partial charge in [0.25, 0.3) is 11.2 Å². The second-order valence-corrected chi connectivity index (χ2v) is 8.43. The van der Waals surface area contributed by atoms with E-state index in [4.69, 9.17) is 9.47 Å². The Bertz CT molecular complexity index is 1470. The van der Waals surface area contributed by atoms with E-state index in [-0.39, 0.29) is 17.9 Å². The summed E-state index contributed by atoms with van der Waals surface area (Å²) in [4.78, 5) is 41.8. The molecule has 1 aliphatic heterocycles. The number of esters is 1. The number of methoxy groups -OCH3 is 1. The summed E-state index contributed by atoms with van der Waals surface area (Å²) in [6.07, 6.45) is 1.65. The molecule has 0 radical (unpaired) electrons. The minimum absolute atomic E-state index is 0.0344. The molecule has 1 aromatic heterocycles. The highest BCUT2D eigenvalue weighted by atomic mass is 32.1. The summed E-state index contributed by atoms with van der Waals surface area (Å²) in [5, 5.41) is 10.9. The highest BCUT2D eigenvalue weighted by Gasteiger charge is 2.33. The topological polar surface area (TPSA) is 113 Å². The lowest BCUT2D eigenvalue weighted by atomic mass is 9.96. The Labute approximate surface area is 198 Å². The van der Waals surface area contributed by atoms with Gasteiger partial charge in [0.05, 0.1) is 40.5 Å². The molecular weight excluding hydrogens is 458 g/mol. The molecule has 0 saturated carbocycles. The van der Waals surface area contributed by atoms with Crippen molar-refractivity contribution >= 4 is 29.1 Å². The summed E-state index contributed by atoms with van der Waals surface area (Å²) in [6, 6.07) is 12.3. The Morgan fingerprint density at radius 2 is 1.88 bits per heavy atom. The first-order valence-corrected chi connectivity index (χ1v) is 11.2. The number of nitro benzene ring substituents is 1. The number of nitro groups is 1. The van der Waals surface area contributed by atoms with Crippen LogP contribution in [0.15, 0.2) is 69.6 Å². The van der Waals surface area contributed by atoms with Gasteiger partial charge >= 0.3 is 5.97 Å². The van der Waals surface area contributed by atoms with Gasteiger partial charge in [-0.3, -0.25) is 19.5 Å². The van der Waals surface area contributed by atoms with Crippen molar-refractivity contribution in [3.8, 4) is 5.75 Å². The summed E-state index contributed by atoms with van der Waals surface area (Å²) < 4.78 is 12.4. The standard InChI is InChI=1S/C24H21N3O6S/c1-4-33-23(29)20-14(2)25-24-26(21(20)16-7-11-18(32-3)12-8-16)22(28)19(34-24)13-15-5-9-17(10-6-15)27(30)31/h5-13,21H,4H2,1-3H3/b19-13+/t21-/m0/s1. The Hall–Kier alpha value is -4.05. The maximum atomic E-state index is 13.5. The van der Waals surface area contributed by atoms with Crippen LogP contribution in [0, 0.1) is 10.1 Å². The van der Waals surface area contributed by atoms with Gasteiger partial charge in [-0.15, -0.1) is 0 Å². The molecular formula is C24H21N3O6S. The zero-order valence-electron chi connectivity index (χ0n) is 18.7. The van der Waals surface area contributed by atoms with Crippen LogP contribution in [-0.4, -0.2) is 29.2 Å². The molecule has 0 aliphatic carbocycles. The molecule has 1 atom stereocenters. The van der Waals surface area contributed by atoms with Crippen LogP contribution in [0.4, 0.5) is 5.69 Å². The van der Waals surface area contributed by atoms with Crippen molar-refractivity contribution in [3.05, 3.63) is 101 Å². The Morgan fingerprint density at radius 1 is 1.21 bits per heavy atom. The lowest BCUT2D eigenvalue weighted by molar-refractivity contribution is -0.384. The van der Waals surface area contributed by atoms with E-state index in [2.05, 4.69) is 4.99 Å². The van der Waals surface area contributed by atoms with Crippen molar-refractivity contribution in [2.45, 2.75) is 19.9 Å². The van der Waals surface area contributed by atoms with Crippen LogP contribution in [0.25, 0.3) is 6.08 Å². The molecule has 2 aromatic carbocycles. The summed E-state index contributed by atoms with van der Waals surface area (Å²) in [6.45, 7) is 3.63. The van der Waals surface area contributed by atoms with E-state index < -0.39 is 16.9 Å². The molecule has 3 aromatic rings. The largest absolute Gasteiger partial charge is 0.497 e. The normalized spacial score (nSPS) is 15.5. The van der Waals surface area contributed by atoms with E-state index in [1.54, 1.807) is 63.4 Å². The number of rotatable bonds is 6. The molecule has 34 heavy (non-hydrogen) atoms. The number of nitrogens with zero attached hydrogens (tertiary/aromatic N) is 3. The van der Waals surface area contributed by atoms with Crippen LogP contribution < -0.4 is 19.6 Å². The second kappa shape index (κ2) is 9.44. The third kappa shape index (κ3) is 4.27. The molecule has 0 N–H and O–H groups in total. The number of aromatic nitrogens is 1. The van der Waals surface area contributed by atoms with Crippen molar-refractivity contribution in [1.29, 1.82) is 0 Å². The lowest BCUT2D eigenvalue weighted by Crippen LogP contribution is -2.39. The number of non-ortho nitro benzene ring substituents is 1. The fourth-order valence-corrected chi connectivity index (χ4v) is 4.78. The Kier molecular flexibility index (Phi) is 6.42. The number of fused-ring (bicyclic) bond motifs is 1. The van der Waals surface area contributed by atoms with Gasteiger partial charge in [0.1, 0.15) is 5.75 Å². The predicted molar refractivity (Wildman–Crippen MR) is 126 cm³/mol. The van der Waals surface area contributed by atoms with Crippen molar-refractivity contribution in [2.24, 2.45) is 4.99 Å². The monoisotopic (exact) mass is 479 g/mol. The second-order valence-electron chi connectivity index (χ2n) is 7.42. The SMILES string of the molecule is CCOC(=O)C1=C(C)N=c2s/c(=C/c3ccc([N+](=O)[O-])cc3)c(=O)n2[C@H]1c1ccc(OC)cc1. The summed E-state index contributed by atoms with van der Waals surface area (Å²) in [5.41, 5.74) is 1.76. The zero-order chi connectivity index (χ0) is 24.4. The van der Waals surface area contributed by atoms with Crippen LogP contribution in [0.3, 0.4) is 0 Å². The molecule has 0 spiro atoms. The first-order chi connectivity index (χ1) is 16.3. The Morgan fingerprint density at radius 3 is 2.47 bits per heavy atom. The van der Waals surface area contributed by atoms with Crippen molar-refractivity contribution in [2.75, 3.05) is 13.7 Å². The van der Waals surface area contributed by atoms with Gasteiger partial charge in [0.15, 0.2) is 4.80 Å². The van der Waals surface area contributed by atoms with Gasteiger partial charge in [-0.2, -0.15) is 0 Å². The highest BCUT2D eigenvalue weighted by Crippen LogP contribution is 2.31. The van der Waals surface area contributed by atoms with E-state index in [1.807, 2.05) is 0 Å². The molecule has 0 bridgehead atoms. The molecule has 1 aliphatic rings. The average Bonchev–Trinajstić information content (AvgIpc) is 3.13. The number of carbonyl (C=O) groups is 1. The number of hydrogen-bond acceptors (Lipinski definition) is 8. The first-order valence-electron chi connectivity index (χ1n) is 10.4. The molecule has 0 unspecified atom stereocenters. The molecule has 174 valence electrons. The van der Waals surface area contributed by atoms with E-state index in [1.165, 1.54) is 28.0 Å². The van der Waals surface area contributed by atoms with Crippen LogP contribution in [0.5, 0.6) is 5.75 Å². The first kappa shape index (κ1) is 23.1. The van der Waals surface area contributed by atoms with Crippen LogP contribution in [-0.2, 0) is 9.53 Å². The third-order valence-corrected chi connectivity index (χ3v) is 6.33. The minimum Gasteiger partial charge on any atom is -0.497 e. The summed E-state index contributed by atoms with van der Waals surface area (Å²) in [5.74, 6) is 0.113. The zero-order valence-corrected chi connectivity index (χ0v) is 19.5. The molecule has 9 nitrogen and oxygen atoms in total. The molecule has 0 saturated heterocycles. The summed E-state index contributed by atoms with van der Waals surface area (Å²) >= 11 is 1.19. The molecule has 4 rings (SSSR count). The smallest absolute Gasteiger partial charge is 0.338 e. The van der Waals surface area contributed by atoms with Gasteiger partial charge in [-0.25, -0.2) is 9.79 Å². The van der Waals surface area contributed by atoms with Crippen LogP contribution in [0.2, 0.25) is 0 Å². The molecule has 10 heteroatoms. The number of carbonyl (C=O) groups excluding carboxylic acids is 1. The number of ether oxygens (including phenoxy) is 2. The van der Waals surface area contributed by atoms with Gasteiger partial charge in [0, 0.05) is 12.1 Å². The average molecular weight is 480 g/mol. The van der Waals surface area contributed by atoms with Gasteiger partial charge in [-0.05, 0) is 55.3 Å². The lowest BCUT2D eigenvalue weighted by Gasteiger charge is -2.24. The number of thiazole rings is 1. The van der Waals surface area contributed by atoms with Crippen molar-refractivity contribution in [1.82, 2.24) is 4.57 Å². The van der Waals surface area contributed by atoms with Gasteiger partial charge < -0.3 is 9.47 Å². The summed E-state index contributed by atoms with van der Waals surface area (Å²) in [7, 11) is 1.56. The predicted octanol–water partition coefficient (Wildman–Crippen LogP) is 2.72. The number of benzene rings is 2. The van der Waals surface area contributed by atoms with Crippen LogP contribution in [0.1, 0.15) is 31.0 Å². The fraction of sp³-hybridized carbons (Fsp3) is 0.208. The van der Waals surface area contributed by atoms with Crippen molar-refractivity contribution < 1.29 is 19.2 Å². The number of hydrogen-bond donors (Lipinski definition) is 0. The quantitative estimate of drug-likeness (QED) is 0.305. The Balaban J connectivity index is 1.90. The van der Waals surface area contributed by atoms with Crippen LogP contribution >= 0.6 is 11.3 Å². The third-order valence-electron chi connectivity index (χ3n) is 5.35. The fourth-order valence-electron chi connectivity index (χ4n) is 3.74. The van der Waals surface area contributed by atoms with E-state index in [0.717, 1.165) is 0 Å². The van der Waals surface area contributed by atoms with E-state index in [9.17, 15) is 19.7 Å². The maximum Gasteiger partial charge on any atom is 0.338 e. The van der Waals surface area contributed by atoms with E-state index in [0.29, 0.717) is 37.5 Å². The molecule has 2 heterocycles.